The molecule has 2 aliphatic rings. The van der Waals surface area contributed by atoms with Gasteiger partial charge in [0.15, 0.2) is 0 Å². The molecule has 5 nitrogen and oxygen atoms in total. The molecular formula is C12H22N2O3. The van der Waals surface area contributed by atoms with Crippen molar-refractivity contribution in [3.63, 3.8) is 0 Å². The van der Waals surface area contributed by atoms with Gasteiger partial charge in [0.05, 0.1) is 12.7 Å². The van der Waals surface area contributed by atoms with Crippen molar-refractivity contribution in [1.82, 2.24) is 10.2 Å². The standard InChI is InChI=1S/C12H22N2O3/c1-10-9-14(7-8-17-10)11(15)12(16-2)3-5-13-6-4-12/h10,13H,3-9H2,1-2H3/t10-/m1/s1. The molecule has 0 aromatic rings. The van der Waals surface area contributed by atoms with Crippen molar-refractivity contribution in [3.8, 4) is 0 Å². The molecule has 0 aromatic heterocycles. The fourth-order valence-electron chi connectivity index (χ4n) is 2.63. The Kier molecular flexibility index (Phi) is 4.01. The summed E-state index contributed by atoms with van der Waals surface area (Å²) in [5, 5.41) is 3.26. The number of hydrogen-bond donors (Lipinski definition) is 1. The van der Waals surface area contributed by atoms with Gasteiger partial charge in [0.25, 0.3) is 5.91 Å². The molecular weight excluding hydrogens is 220 g/mol. The Morgan fingerprint density at radius 2 is 2.18 bits per heavy atom. The summed E-state index contributed by atoms with van der Waals surface area (Å²) in [5.41, 5.74) is -0.609. The van der Waals surface area contributed by atoms with Crippen LogP contribution in [-0.2, 0) is 14.3 Å². The van der Waals surface area contributed by atoms with Crippen LogP contribution in [0.5, 0.6) is 0 Å². The predicted molar refractivity (Wildman–Crippen MR) is 63.8 cm³/mol. The molecule has 0 aromatic carbocycles. The van der Waals surface area contributed by atoms with Gasteiger partial charge in [-0.2, -0.15) is 0 Å². The molecule has 2 aliphatic heterocycles. The molecule has 1 N–H and O–H groups in total. The summed E-state index contributed by atoms with van der Waals surface area (Å²) in [6, 6.07) is 0. The minimum Gasteiger partial charge on any atom is -0.375 e. The molecule has 0 spiro atoms. The number of hydrogen-bond acceptors (Lipinski definition) is 4. The second-order valence-corrected chi connectivity index (χ2v) is 4.88. The molecule has 5 heteroatoms. The average molecular weight is 242 g/mol. The Balaban J connectivity index is 2.05. The van der Waals surface area contributed by atoms with Gasteiger partial charge in [-0.1, -0.05) is 0 Å². The number of rotatable bonds is 2. The topological polar surface area (TPSA) is 50.8 Å². The molecule has 17 heavy (non-hydrogen) atoms. The van der Waals surface area contributed by atoms with Gasteiger partial charge in [0.2, 0.25) is 0 Å². The van der Waals surface area contributed by atoms with E-state index >= 15 is 0 Å². The maximum atomic E-state index is 12.6. The lowest BCUT2D eigenvalue weighted by molar-refractivity contribution is -0.164. The van der Waals surface area contributed by atoms with Gasteiger partial charge in [0, 0.05) is 20.2 Å². The van der Waals surface area contributed by atoms with E-state index in [0.29, 0.717) is 19.7 Å². The Hall–Kier alpha value is -0.650. The quantitative estimate of drug-likeness (QED) is 0.740. The van der Waals surface area contributed by atoms with E-state index in [1.54, 1.807) is 7.11 Å². The average Bonchev–Trinajstić information content (AvgIpc) is 2.38. The van der Waals surface area contributed by atoms with Crippen LogP contribution in [-0.4, -0.2) is 62.4 Å². The Labute approximate surface area is 102 Å². The van der Waals surface area contributed by atoms with E-state index in [2.05, 4.69) is 5.32 Å². The fraction of sp³-hybridized carbons (Fsp3) is 0.917. The van der Waals surface area contributed by atoms with E-state index in [9.17, 15) is 4.79 Å². The number of ether oxygens (including phenoxy) is 2. The number of carbonyl (C=O) groups is 1. The van der Waals surface area contributed by atoms with Gasteiger partial charge < -0.3 is 19.7 Å². The summed E-state index contributed by atoms with van der Waals surface area (Å²) in [4.78, 5) is 14.5. The number of carbonyl (C=O) groups excluding carboxylic acids is 1. The van der Waals surface area contributed by atoms with Crippen LogP contribution in [0.2, 0.25) is 0 Å². The Bertz CT molecular complexity index is 277. The van der Waals surface area contributed by atoms with E-state index in [1.165, 1.54) is 0 Å². The monoisotopic (exact) mass is 242 g/mol. The zero-order chi connectivity index (χ0) is 12.3. The third-order valence-corrected chi connectivity index (χ3v) is 3.72. The summed E-state index contributed by atoms with van der Waals surface area (Å²) >= 11 is 0. The van der Waals surface area contributed by atoms with Gasteiger partial charge in [0.1, 0.15) is 5.60 Å². The minimum absolute atomic E-state index is 0.128. The van der Waals surface area contributed by atoms with E-state index in [0.717, 1.165) is 25.9 Å². The number of methoxy groups -OCH3 is 1. The third kappa shape index (κ3) is 2.61. The maximum absolute atomic E-state index is 12.6. The summed E-state index contributed by atoms with van der Waals surface area (Å²) in [5.74, 6) is 0.136. The summed E-state index contributed by atoms with van der Waals surface area (Å²) in [7, 11) is 1.65. The van der Waals surface area contributed by atoms with Crippen molar-refractivity contribution in [1.29, 1.82) is 0 Å². The van der Waals surface area contributed by atoms with Crippen LogP contribution in [0.1, 0.15) is 19.8 Å². The highest BCUT2D eigenvalue weighted by Gasteiger charge is 2.43. The van der Waals surface area contributed by atoms with E-state index in [1.807, 2.05) is 11.8 Å². The lowest BCUT2D eigenvalue weighted by Gasteiger charge is -2.41. The first kappa shape index (κ1) is 12.8. The van der Waals surface area contributed by atoms with Crippen molar-refractivity contribution in [2.45, 2.75) is 31.5 Å². The van der Waals surface area contributed by atoms with Gasteiger partial charge in [-0.25, -0.2) is 0 Å². The van der Waals surface area contributed by atoms with Crippen molar-refractivity contribution < 1.29 is 14.3 Å². The minimum atomic E-state index is -0.609. The molecule has 2 fully saturated rings. The highest BCUT2D eigenvalue weighted by atomic mass is 16.5. The van der Waals surface area contributed by atoms with E-state index < -0.39 is 5.60 Å². The third-order valence-electron chi connectivity index (χ3n) is 3.72. The lowest BCUT2D eigenvalue weighted by atomic mass is 9.90. The first-order valence-electron chi connectivity index (χ1n) is 6.35. The first-order chi connectivity index (χ1) is 8.18. The zero-order valence-electron chi connectivity index (χ0n) is 10.7. The highest BCUT2D eigenvalue weighted by Crippen LogP contribution is 2.26. The normalized spacial score (nSPS) is 29.1. The second-order valence-electron chi connectivity index (χ2n) is 4.88. The number of morpholine rings is 1. The van der Waals surface area contributed by atoms with Gasteiger partial charge >= 0.3 is 0 Å². The van der Waals surface area contributed by atoms with Crippen molar-refractivity contribution in [2.75, 3.05) is 39.9 Å². The molecule has 2 heterocycles. The second kappa shape index (κ2) is 5.33. The van der Waals surface area contributed by atoms with Gasteiger partial charge in [-0.05, 0) is 32.9 Å². The SMILES string of the molecule is COC1(C(=O)N2CCO[C@H](C)C2)CCNCC1. The van der Waals surface area contributed by atoms with Crippen LogP contribution >= 0.6 is 0 Å². The molecule has 0 bridgehead atoms. The van der Waals surface area contributed by atoms with Crippen molar-refractivity contribution in [2.24, 2.45) is 0 Å². The molecule has 2 rings (SSSR count). The van der Waals surface area contributed by atoms with Gasteiger partial charge in [-0.3, -0.25) is 4.79 Å². The smallest absolute Gasteiger partial charge is 0.255 e. The van der Waals surface area contributed by atoms with Crippen LogP contribution in [0.15, 0.2) is 0 Å². The molecule has 0 radical (unpaired) electrons. The highest BCUT2D eigenvalue weighted by molar-refractivity contribution is 5.85. The summed E-state index contributed by atoms with van der Waals surface area (Å²) < 4.78 is 11.0. The Morgan fingerprint density at radius 3 is 2.76 bits per heavy atom. The maximum Gasteiger partial charge on any atom is 0.255 e. The van der Waals surface area contributed by atoms with Crippen LogP contribution in [0.3, 0.4) is 0 Å². The number of nitrogens with zero attached hydrogens (tertiary/aromatic N) is 1. The number of amides is 1. The molecule has 0 saturated carbocycles. The van der Waals surface area contributed by atoms with Crippen LogP contribution in [0.25, 0.3) is 0 Å². The largest absolute Gasteiger partial charge is 0.375 e. The van der Waals surface area contributed by atoms with Crippen molar-refractivity contribution >= 4 is 5.91 Å². The number of piperidine rings is 1. The van der Waals surface area contributed by atoms with Crippen molar-refractivity contribution in [3.05, 3.63) is 0 Å². The van der Waals surface area contributed by atoms with Crippen LogP contribution < -0.4 is 5.32 Å². The fourth-order valence-corrected chi connectivity index (χ4v) is 2.63. The van der Waals surface area contributed by atoms with Crippen LogP contribution in [0.4, 0.5) is 0 Å². The van der Waals surface area contributed by atoms with Gasteiger partial charge in [-0.15, -0.1) is 0 Å². The predicted octanol–water partition coefficient (Wildman–Crippen LogP) is 0.00230. The molecule has 1 amide bonds. The van der Waals surface area contributed by atoms with E-state index in [-0.39, 0.29) is 12.0 Å². The molecule has 0 unspecified atom stereocenters. The molecule has 2 saturated heterocycles. The summed E-state index contributed by atoms with van der Waals surface area (Å²) in [6.07, 6.45) is 1.64. The molecule has 0 aliphatic carbocycles. The summed E-state index contributed by atoms with van der Waals surface area (Å²) in [6.45, 7) is 5.68. The Morgan fingerprint density at radius 1 is 1.47 bits per heavy atom. The lowest BCUT2D eigenvalue weighted by Crippen LogP contribution is -2.58. The van der Waals surface area contributed by atoms with Crippen LogP contribution in [0, 0.1) is 0 Å². The number of nitrogens with one attached hydrogen (secondary N) is 1. The molecule has 98 valence electrons. The molecule has 1 atom stereocenters. The first-order valence-corrected chi connectivity index (χ1v) is 6.35. The van der Waals surface area contributed by atoms with E-state index in [4.69, 9.17) is 9.47 Å². The zero-order valence-corrected chi connectivity index (χ0v) is 10.7.